The van der Waals surface area contributed by atoms with E-state index >= 15 is 0 Å². The van der Waals surface area contributed by atoms with Gasteiger partial charge in [-0.15, -0.1) is 0 Å². The van der Waals surface area contributed by atoms with Crippen molar-refractivity contribution in [2.45, 2.75) is 19.8 Å². The molecule has 2 heterocycles. The minimum Gasteiger partial charge on any atom is -0.480 e. The lowest BCUT2D eigenvalue weighted by atomic mass is 10.2. The van der Waals surface area contributed by atoms with Crippen LogP contribution in [0.15, 0.2) is 45.3 Å². The number of thioether (sulfide) groups is 2. The van der Waals surface area contributed by atoms with Crippen molar-refractivity contribution in [2.24, 2.45) is 0 Å². The highest BCUT2D eigenvalue weighted by molar-refractivity contribution is 8.26. The van der Waals surface area contributed by atoms with Gasteiger partial charge in [-0.2, -0.15) is 8.42 Å². The predicted octanol–water partition coefficient (Wildman–Crippen LogP) is 2.79. The molecular formula is C17H20N2O6S4. The number of unbranched alkanes of at least 4 members (excludes halogenated alkanes) is 1. The van der Waals surface area contributed by atoms with Gasteiger partial charge in [0.1, 0.15) is 10.9 Å². The van der Waals surface area contributed by atoms with Crippen molar-refractivity contribution in [1.82, 2.24) is 9.80 Å². The Labute approximate surface area is 183 Å². The Morgan fingerprint density at radius 3 is 2.72 bits per heavy atom. The lowest BCUT2D eigenvalue weighted by molar-refractivity contribution is -0.140. The fourth-order valence-electron chi connectivity index (χ4n) is 2.43. The van der Waals surface area contributed by atoms with E-state index in [-0.39, 0.29) is 10.1 Å². The highest BCUT2D eigenvalue weighted by atomic mass is 32.2. The van der Waals surface area contributed by atoms with Gasteiger partial charge in [0.2, 0.25) is 0 Å². The van der Waals surface area contributed by atoms with Crippen LogP contribution in [0.25, 0.3) is 0 Å². The van der Waals surface area contributed by atoms with E-state index in [1.165, 1.54) is 11.8 Å². The molecule has 2 rings (SSSR count). The van der Waals surface area contributed by atoms with Crippen LogP contribution in [0.3, 0.4) is 0 Å². The molecular weight excluding hydrogens is 456 g/mol. The topological polar surface area (TPSA) is 115 Å². The highest BCUT2D eigenvalue weighted by Crippen LogP contribution is 2.32. The average molecular weight is 477 g/mol. The first-order valence-corrected chi connectivity index (χ1v) is 12.2. The molecule has 158 valence electrons. The number of carbonyl (C=O) groups is 2. The van der Waals surface area contributed by atoms with E-state index in [4.69, 9.17) is 21.9 Å². The highest BCUT2D eigenvalue weighted by Gasteiger charge is 2.33. The molecule has 0 atom stereocenters. The third-order valence-corrected chi connectivity index (χ3v) is 6.83. The Hall–Kier alpha value is -1.60. The van der Waals surface area contributed by atoms with Crippen LogP contribution in [0.5, 0.6) is 0 Å². The Bertz CT molecular complexity index is 920. The second kappa shape index (κ2) is 10.4. The van der Waals surface area contributed by atoms with E-state index in [0.717, 1.165) is 27.3 Å². The summed E-state index contributed by atoms with van der Waals surface area (Å²) in [5.41, 5.74) is 0.798. The van der Waals surface area contributed by atoms with Crippen molar-refractivity contribution in [3.63, 3.8) is 0 Å². The van der Waals surface area contributed by atoms with Crippen LogP contribution in [0.2, 0.25) is 0 Å². The summed E-state index contributed by atoms with van der Waals surface area (Å²) in [5.74, 6) is -1.79. The standard InChI is InChI=1S/C17H20N2O6S4/c1-12(10-13-16(22)19(11-15(20)21)17(26)28-13)4-5-14-18(7-8-27-14)6-2-3-9-29(23,24)25/h4-5,7-8,10H,2-3,6,9,11H2,1H3,(H,20,21)(H,23,24,25). The van der Waals surface area contributed by atoms with Crippen molar-refractivity contribution in [2.75, 3.05) is 18.8 Å². The molecule has 2 aliphatic rings. The van der Waals surface area contributed by atoms with Crippen LogP contribution < -0.4 is 0 Å². The summed E-state index contributed by atoms with van der Waals surface area (Å²) in [5, 5.41) is 11.7. The largest absolute Gasteiger partial charge is 0.480 e. The van der Waals surface area contributed by atoms with Gasteiger partial charge in [-0.05, 0) is 42.9 Å². The number of hydrogen-bond donors (Lipinski definition) is 2. The predicted molar refractivity (Wildman–Crippen MR) is 119 cm³/mol. The number of thiocarbonyl (C=S) groups is 1. The summed E-state index contributed by atoms with van der Waals surface area (Å²) in [7, 11) is -3.93. The SMILES string of the molecule is CC(=CC=C1SC=CN1CCCCS(=O)(=O)O)C=C1SC(=S)N(CC(=O)O)C1=O. The molecule has 0 aromatic heterocycles. The second-order valence-electron chi connectivity index (χ2n) is 6.17. The zero-order valence-corrected chi connectivity index (χ0v) is 18.7. The third-order valence-electron chi connectivity index (χ3n) is 3.78. The number of carboxylic acids is 1. The molecule has 2 aliphatic heterocycles. The number of carboxylic acid groups (broad SMARTS) is 1. The average Bonchev–Trinajstić information content (AvgIpc) is 3.16. The number of rotatable bonds is 9. The molecule has 0 saturated carbocycles. The minimum absolute atomic E-state index is 0.224. The Morgan fingerprint density at radius 1 is 1.34 bits per heavy atom. The van der Waals surface area contributed by atoms with E-state index in [1.807, 2.05) is 35.6 Å². The summed E-state index contributed by atoms with van der Waals surface area (Å²) in [6, 6.07) is 0. The van der Waals surface area contributed by atoms with Crippen LogP contribution in [0.1, 0.15) is 19.8 Å². The molecule has 0 aromatic rings. The van der Waals surface area contributed by atoms with Crippen molar-refractivity contribution < 1.29 is 27.7 Å². The quantitative estimate of drug-likeness (QED) is 0.223. The molecule has 1 amide bonds. The molecule has 2 N–H and O–H groups in total. The fourth-order valence-corrected chi connectivity index (χ4v) is 5.09. The van der Waals surface area contributed by atoms with Crippen LogP contribution in [-0.4, -0.2) is 62.9 Å². The van der Waals surface area contributed by atoms with Crippen LogP contribution in [0, 0.1) is 0 Å². The summed E-state index contributed by atoms with van der Waals surface area (Å²) >= 11 is 7.65. The number of nitrogens with zero attached hydrogens (tertiary/aromatic N) is 2. The molecule has 0 bridgehead atoms. The zero-order chi connectivity index (χ0) is 21.6. The minimum atomic E-state index is -3.93. The first-order chi connectivity index (χ1) is 13.6. The molecule has 0 aromatic carbocycles. The smallest absolute Gasteiger partial charge is 0.323 e. The second-order valence-corrected chi connectivity index (χ2v) is 10.3. The van der Waals surface area contributed by atoms with Crippen molar-refractivity contribution in [3.8, 4) is 0 Å². The Kier molecular flexibility index (Phi) is 8.52. The van der Waals surface area contributed by atoms with E-state index in [0.29, 0.717) is 24.3 Å². The lowest BCUT2D eigenvalue weighted by Crippen LogP contribution is -2.33. The van der Waals surface area contributed by atoms with Crippen molar-refractivity contribution >= 4 is 62.1 Å². The molecule has 0 unspecified atom stereocenters. The van der Waals surface area contributed by atoms with Crippen LogP contribution >= 0.6 is 35.7 Å². The van der Waals surface area contributed by atoms with Crippen LogP contribution in [-0.2, 0) is 19.7 Å². The molecule has 0 radical (unpaired) electrons. The maximum atomic E-state index is 12.3. The Balaban J connectivity index is 1.97. The fraction of sp³-hybridized carbons (Fsp3) is 0.353. The molecule has 29 heavy (non-hydrogen) atoms. The van der Waals surface area contributed by atoms with Gasteiger partial charge >= 0.3 is 5.97 Å². The van der Waals surface area contributed by atoms with Crippen molar-refractivity contribution in [1.29, 1.82) is 0 Å². The normalized spacial score (nSPS) is 20.6. The maximum Gasteiger partial charge on any atom is 0.323 e. The van der Waals surface area contributed by atoms with E-state index in [2.05, 4.69) is 0 Å². The van der Waals surface area contributed by atoms with Gasteiger partial charge in [-0.1, -0.05) is 41.8 Å². The number of allylic oxidation sites excluding steroid dienone is 4. The van der Waals surface area contributed by atoms with Gasteiger partial charge in [0.15, 0.2) is 0 Å². The van der Waals surface area contributed by atoms with E-state index in [9.17, 15) is 18.0 Å². The number of aliphatic carboxylic acids is 1. The van der Waals surface area contributed by atoms with E-state index < -0.39 is 28.5 Å². The number of hydrogen-bond acceptors (Lipinski definition) is 8. The van der Waals surface area contributed by atoms with Crippen molar-refractivity contribution in [3.05, 3.63) is 45.3 Å². The number of amides is 1. The summed E-state index contributed by atoms with van der Waals surface area (Å²) in [6.45, 7) is 1.99. The zero-order valence-electron chi connectivity index (χ0n) is 15.5. The molecule has 8 nitrogen and oxygen atoms in total. The number of carbonyl (C=O) groups excluding carboxylic acids is 1. The van der Waals surface area contributed by atoms with E-state index in [1.54, 1.807) is 6.08 Å². The third kappa shape index (κ3) is 7.63. The lowest BCUT2D eigenvalue weighted by Gasteiger charge is -2.16. The van der Waals surface area contributed by atoms with Crippen LogP contribution in [0.4, 0.5) is 0 Å². The molecule has 0 spiro atoms. The summed E-state index contributed by atoms with van der Waals surface area (Å²) in [4.78, 5) is 26.5. The van der Waals surface area contributed by atoms with Gasteiger partial charge in [-0.3, -0.25) is 19.0 Å². The first kappa shape index (κ1) is 23.7. The monoisotopic (exact) mass is 476 g/mol. The Morgan fingerprint density at radius 2 is 2.07 bits per heavy atom. The molecule has 1 fully saturated rings. The van der Waals surface area contributed by atoms with Gasteiger partial charge in [0.25, 0.3) is 16.0 Å². The molecule has 0 aliphatic carbocycles. The molecule has 12 heteroatoms. The molecule has 1 saturated heterocycles. The van der Waals surface area contributed by atoms with Gasteiger partial charge in [0, 0.05) is 12.7 Å². The van der Waals surface area contributed by atoms with Gasteiger partial charge < -0.3 is 10.0 Å². The maximum absolute atomic E-state index is 12.3. The first-order valence-electron chi connectivity index (χ1n) is 8.48. The van der Waals surface area contributed by atoms with Gasteiger partial charge in [0.05, 0.1) is 15.7 Å². The summed E-state index contributed by atoms with van der Waals surface area (Å²) < 4.78 is 30.5. The summed E-state index contributed by atoms with van der Waals surface area (Å²) in [6.07, 6.45) is 8.26. The van der Waals surface area contributed by atoms with Gasteiger partial charge in [-0.25, -0.2) is 0 Å².